The fraction of sp³-hybridized carbons (Fsp3) is 0.379. The van der Waals surface area contributed by atoms with E-state index in [9.17, 15) is 14.7 Å². The van der Waals surface area contributed by atoms with Gasteiger partial charge in [-0.2, -0.15) is 11.8 Å². The average molecular weight is 509 g/mol. The largest absolute Gasteiger partial charge is 0.480 e. The average Bonchev–Trinajstić information content (AvgIpc) is 3.38. The first-order valence-corrected chi connectivity index (χ1v) is 13.8. The van der Waals surface area contributed by atoms with E-state index in [0.717, 1.165) is 47.4 Å². The Morgan fingerprint density at radius 2 is 1.89 bits per heavy atom. The molecule has 0 fully saturated rings. The molecule has 3 rings (SSSR count). The zero-order valence-electron chi connectivity index (χ0n) is 21.3. The van der Waals surface area contributed by atoms with E-state index in [1.165, 1.54) is 0 Å². The van der Waals surface area contributed by atoms with Crippen molar-refractivity contribution in [1.29, 1.82) is 0 Å². The Labute approximate surface area is 218 Å². The van der Waals surface area contributed by atoms with Crippen molar-refractivity contribution >= 4 is 23.6 Å². The minimum absolute atomic E-state index is 0.369. The Hall–Kier alpha value is -3.03. The number of amides is 1. The highest BCUT2D eigenvalue weighted by Crippen LogP contribution is 2.29. The summed E-state index contributed by atoms with van der Waals surface area (Å²) >= 11 is 1.56. The zero-order chi connectivity index (χ0) is 25.9. The summed E-state index contributed by atoms with van der Waals surface area (Å²) in [6, 6.07) is 16.8. The van der Waals surface area contributed by atoms with Crippen molar-refractivity contribution in [3.8, 4) is 11.1 Å². The van der Waals surface area contributed by atoms with Crippen LogP contribution in [0.25, 0.3) is 11.1 Å². The standard InChI is InChI=1S/C29H36N2O4S/c1-4-5-15-31(20-23-10-8-16-35-23)19-22-12-13-25(26(18-22)24-11-7-6-9-21(24)2)28(32)30-27(29(33)34)14-17-36-3/h6-13,16,18,27H,4-5,14-15,17,19-20H2,1-3H3,(H,30,32)(H,33,34)/t27-/m0/s1. The van der Waals surface area contributed by atoms with Crippen LogP contribution in [-0.4, -0.2) is 46.5 Å². The van der Waals surface area contributed by atoms with Gasteiger partial charge in [-0.3, -0.25) is 9.69 Å². The van der Waals surface area contributed by atoms with Crippen molar-refractivity contribution in [2.75, 3.05) is 18.6 Å². The molecule has 7 heteroatoms. The molecule has 1 heterocycles. The Bertz CT molecular complexity index is 1130. The predicted molar refractivity (Wildman–Crippen MR) is 146 cm³/mol. The minimum Gasteiger partial charge on any atom is -0.480 e. The molecule has 0 aliphatic rings. The number of aliphatic carboxylic acids is 1. The number of aryl methyl sites for hydroxylation is 1. The molecule has 0 bridgehead atoms. The van der Waals surface area contributed by atoms with Gasteiger partial charge in [0, 0.05) is 12.1 Å². The second-order valence-electron chi connectivity index (χ2n) is 8.98. The van der Waals surface area contributed by atoms with Crippen molar-refractivity contribution in [3.63, 3.8) is 0 Å². The summed E-state index contributed by atoms with van der Waals surface area (Å²) in [4.78, 5) is 27.4. The van der Waals surface area contributed by atoms with Crippen LogP contribution >= 0.6 is 11.8 Å². The zero-order valence-corrected chi connectivity index (χ0v) is 22.1. The number of hydrogen-bond donors (Lipinski definition) is 2. The molecule has 0 spiro atoms. The van der Waals surface area contributed by atoms with Crippen LogP contribution in [0.1, 0.15) is 53.4 Å². The molecule has 36 heavy (non-hydrogen) atoms. The lowest BCUT2D eigenvalue weighted by Gasteiger charge is -2.22. The Morgan fingerprint density at radius 3 is 2.56 bits per heavy atom. The fourth-order valence-electron chi connectivity index (χ4n) is 4.19. The molecule has 192 valence electrons. The third-order valence-corrected chi connectivity index (χ3v) is 6.82. The van der Waals surface area contributed by atoms with Crippen LogP contribution in [0.5, 0.6) is 0 Å². The summed E-state index contributed by atoms with van der Waals surface area (Å²) in [5.74, 6) is 0.193. The predicted octanol–water partition coefficient (Wildman–Crippen LogP) is 5.99. The number of hydrogen-bond acceptors (Lipinski definition) is 5. The van der Waals surface area contributed by atoms with Gasteiger partial charge in [-0.25, -0.2) is 4.79 Å². The normalized spacial score (nSPS) is 12.0. The summed E-state index contributed by atoms with van der Waals surface area (Å²) in [7, 11) is 0. The number of rotatable bonds is 14. The van der Waals surface area contributed by atoms with Gasteiger partial charge < -0.3 is 14.8 Å². The van der Waals surface area contributed by atoms with E-state index in [1.54, 1.807) is 18.0 Å². The third-order valence-electron chi connectivity index (χ3n) is 6.17. The summed E-state index contributed by atoms with van der Waals surface area (Å²) in [5, 5.41) is 12.3. The molecule has 0 radical (unpaired) electrons. The van der Waals surface area contributed by atoms with E-state index in [2.05, 4.69) is 23.2 Å². The minimum atomic E-state index is -1.02. The van der Waals surface area contributed by atoms with E-state index >= 15 is 0 Å². The van der Waals surface area contributed by atoms with E-state index in [-0.39, 0.29) is 5.91 Å². The number of furan rings is 1. The van der Waals surface area contributed by atoms with Gasteiger partial charge in [-0.15, -0.1) is 0 Å². The summed E-state index contributed by atoms with van der Waals surface area (Å²) in [6.07, 6.45) is 6.17. The Balaban J connectivity index is 1.93. The SMILES string of the molecule is CCCCN(Cc1ccc(C(=O)N[C@@H](CCSC)C(=O)O)c(-c2ccccc2C)c1)Cc1ccco1. The molecule has 0 aliphatic heterocycles. The number of unbranched alkanes of at least 4 members (excludes halogenated alkanes) is 1. The Morgan fingerprint density at radius 1 is 1.08 bits per heavy atom. The van der Waals surface area contributed by atoms with Crippen LogP contribution in [-0.2, 0) is 17.9 Å². The maximum absolute atomic E-state index is 13.3. The molecule has 0 unspecified atom stereocenters. The van der Waals surface area contributed by atoms with Crippen LogP contribution < -0.4 is 5.32 Å². The van der Waals surface area contributed by atoms with Crippen LogP contribution in [0.2, 0.25) is 0 Å². The number of benzene rings is 2. The van der Waals surface area contributed by atoms with Gasteiger partial charge >= 0.3 is 5.97 Å². The van der Waals surface area contributed by atoms with Gasteiger partial charge in [0.25, 0.3) is 5.91 Å². The number of carboxylic acid groups (broad SMARTS) is 1. The van der Waals surface area contributed by atoms with Gasteiger partial charge in [-0.1, -0.05) is 43.7 Å². The topological polar surface area (TPSA) is 82.8 Å². The van der Waals surface area contributed by atoms with Crippen LogP contribution in [0.3, 0.4) is 0 Å². The highest BCUT2D eigenvalue weighted by molar-refractivity contribution is 7.98. The lowest BCUT2D eigenvalue weighted by atomic mass is 9.93. The first-order valence-electron chi connectivity index (χ1n) is 12.4. The molecule has 1 atom stereocenters. The quantitative estimate of drug-likeness (QED) is 0.278. The van der Waals surface area contributed by atoms with Gasteiger partial charge in [0.05, 0.1) is 12.8 Å². The third kappa shape index (κ3) is 7.73. The van der Waals surface area contributed by atoms with Gasteiger partial charge in [-0.05, 0) is 84.8 Å². The van der Waals surface area contributed by atoms with E-state index in [1.807, 2.05) is 61.7 Å². The molecule has 0 saturated heterocycles. The second-order valence-corrected chi connectivity index (χ2v) is 9.97. The number of carbonyl (C=O) groups is 2. The monoisotopic (exact) mass is 508 g/mol. The van der Waals surface area contributed by atoms with E-state index in [4.69, 9.17) is 4.42 Å². The van der Waals surface area contributed by atoms with E-state index < -0.39 is 12.0 Å². The van der Waals surface area contributed by atoms with Gasteiger partial charge in [0.1, 0.15) is 11.8 Å². The second kappa shape index (κ2) is 13.9. The molecule has 3 aromatic rings. The summed E-state index contributed by atoms with van der Waals surface area (Å²) in [5.41, 5.74) is 4.40. The molecule has 0 aliphatic carbocycles. The maximum Gasteiger partial charge on any atom is 0.326 e. The number of carbonyl (C=O) groups excluding carboxylic acids is 1. The van der Waals surface area contributed by atoms with Crippen molar-refractivity contribution in [1.82, 2.24) is 10.2 Å². The lowest BCUT2D eigenvalue weighted by Crippen LogP contribution is -2.41. The number of nitrogens with zero attached hydrogens (tertiary/aromatic N) is 1. The maximum atomic E-state index is 13.3. The molecule has 1 aromatic heterocycles. The highest BCUT2D eigenvalue weighted by Gasteiger charge is 2.23. The lowest BCUT2D eigenvalue weighted by molar-refractivity contribution is -0.139. The molecule has 2 N–H and O–H groups in total. The first kappa shape index (κ1) is 27.6. The first-order chi connectivity index (χ1) is 17.4. The molecule has 2 aromatic carbocycles. The number of carboxylic acids is 1. The van der Waals surface area contributed by atoms with Gasteiger partial charge in [0.2, 0.25) is 0 Å². The number of thioether (sulfide) groups is 1. The smallest absolute Gasteiger partial charge is 0.326 e. The van der Waals surface area contributed by atoms with Crippen LogP contribution in [0.15, 0.2) is 65.3 Å². The highest BCUT2D eigenvalue weighted by atomic mass is 32.2. The molecule has 1 amide bonds. The molecule has 6 nitrogen and oxygen atoms in total. The van der Waals surface area contributed by atoms with Crippen molar-refractivity contribution < 1.29 is 19.1 Å². The Kier molecular flexibility index (Phi) is 10.6. The molecule has 0 saturated carbocycles. The van der Waals surface area contributed by atoms with Crippen LogP contribution in [0.4, 0.5) is 0 Å². The van der Waals surface area contributed by atoms with Crippen molar-refractivity contribution in [2.45, 2.75) is 52.2 Å². The van der Waals surface area contributed by atoms with Gasteiger partial charge in [0.15, 0.2) is 0 Å². The number of nitrogens with one attached hydrogen (secondary N) is 1. The van der Waals surface area contributed by atoms with Crippen molar-refractivity contribution in [3.05, 3.63) is 83.3 Å². The van der Waals surface area contributed by atoms with E-state index in [0.29, 0.717) is 30.8 Å². The molecular formula is C29H36N2O4S. The molecular weight excluding hydrogens is 472 g/mol. The van der Waals surface area contributed by atoms with Crippen molar-refractivity contribution in [2.24, 2.45) is 0 Å². The van der Waals surface area contributed by atoms with Crippen LogP contribution in [0, 0.1) is 6.92 Å². The summed E-state index contributed by atoms with van der Waals surface area (Å²) < 4.78 is 5.58. The fourth-order valence-corrected chi connectivity index (χ4v) is 4.66. The summed E-state index contributed by atoms with van der Waals surface area (Å²) in [6.45, 7) is 6.57.